The van der Waals surface area contributed by atoms with Crippen LogP contribution in [0.2, 0.25) is 0 Å². The van der Waals surface area contributed by atoms with E-state index in [0.717, 1.165) is 17.0 Å². The number of amides is 1. The number of halogens is 1. The molecule has 5 nitrogen and oxygen atoms in total. The number of hydrogen-bond donors (Lipinski definition) is 2. The van der Waals surface area contributed by atoms with Crippen molar-refractivity contribution in [3.63, 3.8) is 0 Å². The number of aromatic amines is 1. The van der Waals surface area contributed by atoms with Crippen LogP contribution >= 0.6 is 15.9 Å². The molecule has 1 aromatic carbocycles. The van der Waals surface area contributed by atoms with Crippen molar-refractivity contribution in [2.45, 2.75) is 6.92 Å². The highest BCUT2D eigenvalue weighted by molar-refractivity contribution is 9.10. The first-order chi connectivity index (χ1) is 10.1. The first-order valence-corrected chi connectivity index (χ1v) is 7.10. The third-order valence-electron chi connectivity index (χ3n) is 3.02. The molecule has 0 aliphatic rings. The fourth-order valence-electron chi connectivity index (χ4n) is 2.02. The maximum absolute atomic E-state index is 12.0. The van der Waals surface area contributed by atoms with Gasteiger partial charge in [0.15, 0.2) is 10.4 Å². The molecule has 0 aliphatic carbocycles. The predicted molar refractivity (Wildman–Crippen MR) is 83.1 cm³/mol. The molecular weight excluding hydrogens is 334 g/mol. The SMILES string of the molecule is Cc1[nH]cnc1-c1cccc(NC(=O)c2ccc(Br)o2)c1. The van der Waals surface area contributed by atoms with E-state index in [0.29, 0.717) is 10.4 Å². The Morgan fingerprint density at radius 3 is 2.86 bits per heavy atom. The minimum atomic E-state index is -0.295. The Kier molecular flexibility index (Phi) is 3.62. The van der Waals surface area contributed by atoms with Gasteiger partial charge >= 0.3 is 0 Å². The molecule has 2 aromatic heterocycles. The summed E-state index contributed by atoms with van der Waals surface area (Å²) >= 11 is 3.17. The van der Waals surface area contributed by atoms with Crippen LogP contribution < -0.4 is 5.32 Å². The van der Waals surface area contributed by atoms with Gasteiger partial charge in [-0.05, 0) is 47.1 Å². The average Bonchev–Trinajstić information content (AvgIpc) is 3.08. The lowest BCUT2D eigenvalue weighted by atomic mass is 10.1. The summed E-state index contributed by atoms with van der Waals surface area (Å²) in [4.78, 5) is 19.4. The van der Waals surface area contributed by atoms with Gasteiger partial charge in [-0.2, -0.15) is 0 Å². The highest BCUT2D eigenvalue weighted by Gasteiger charge is 2.11. The van der Waals surface area contributed by atoms with Crippen molar-refractivity contribution >= 4 is 27.5 Å². The molecule has 2 N–H and O–H groups in total. The summed E-state index contributed by atoms with van der Waals surface area (Å²) in [7, 11) is 0. The van der Waals surface area contributed by atoms with Crippen LogP contribution in [-0.2, 0) is 0 Å². The molecule has 3 aromatic rings. The highest BCUT2D eigenvalue weighted by atomic mass is 79.9. The molecule has 2 heterocycles. The first kappa shape index (κ1) is 13.6. The van der Waals surface area contributed by atoms with E-state index < -0.39 is 0 Å². The van der Waals surface area contributed by atoms with Gasteiger partial charge in [0.25, 0.3) is 5.91 Å². The molecule has 0 saturated heterocycles. The van der Waals surface area contributed by atoms with Gasteiger partial charge in [0.1, 0.15) is 0 Å². The van der Waals surface area contributed by atoms with Gasteiger partial charge in [0, 0.05) is 16.9 Å². The largest absolute Gasteiger partial charge is 0.444 e. The van der Waals surface area contributed by atoms with Crippen LogP contribution in [0.25, 0.3) is 11.3 Å². The van der Waals surface area contributed by atoms with Crippen LogP contribution in [0.1, 0.15) is 16.2 Å². The number of aryl methyl sites for hydroxylation is 1. The molecule has 1 amide bonds. The number of nitrogens with one attached hydrogen (secondary N) is 2. The fourth-order valence-corrected chi connectivity index (χ4v) is 2.33. The molecule has 6 heteroatoms. The molecule has 0 spiro atoms. The lowest BCUT2D eigenvalue weighted by Gasteiger charge is -2.05. The van der Waals surface area contributed by atoms with E-state index in [1.165, 1.54) is 0 Å². The number of imidazole rings is 1. The van der Waals surface area contributed by atoms with Gasteiger partial charge < -0.3 is 14.7 Å². The zero-order valence-electron chi connectivity index (χ0n) is 11.2. The quantitative estimate of drug-likeness (QED) is 0.753. The standard InChI is InChI=1S/C15H12BrN3O2/c1-9-14(18-8-17-9)10-3-2-4-11(7-10)19-15(20)12-5-6-13(16)21-12/h2-8H,1H3,(H,17,18)(H,19,20). The van der Waals surface area contributed by atoms with E-state index >= 15 is 0 Å². The normalized spacial score (nSPS) is 10.6. The molecule has 0 radical (unpaired) electrons. The Hall–Kier alpha value is -2.34. The van der Waals surface area contributed by atoms with E-state index in [4.69, 9.17) is 4.42 Å². The van der Waals surface area contributed by atoms with Gasteiger partial charge in [-0.25, -0.2) is 4.98 Å². The fraction of sp³-hybridized carbons (Fsp3) is 0.0667. The third kappa shape index (κ3) is 2.90. The molecule has 0 unspecified atom stereocenters. The van der Waals surface area contributed by atoms with E-state index in [1.807, 2.05) is 31.2 Å². The lowest BCUT2D eigenvalue weighted by Crippen LogP contribution is -2.10. The number of H-pyrrole nitrogens is 1. The maximum atomic E-state index is 12.0. The Bertz CT molecular complexity index is 792. The molecular formula is C15H12BrN3O2. The maximum Gasteiger partial charge on any atom is 0.291 e. The zero-order valence-corrected chi connectivity index (χ0v) is 12.8. The van der Waals surface area contributed by atoms with Crippen molar-refractivity contribution in [2.75, 3.05) is 5.32 Å². The number of anilines is 1. The minimum Gasteiger partial charge on any atom is -0.444 e. The van der Waals surface area contributed by atoms with E-state index in [-0.39, 0.29) is 11.7 Å². The van der Waals surface area contributed by atoms with Crippen LogP contribution in [0.3, 0.4) is 0 Å². The zero-order chi connectivity index (χ0) is 14.8. The number of rotatable bonds is 3. The topological polar surface area (TPSA) is 70.9 Å². The average molecular weight is 346 g/mol. The molecule has 0 saturated carbocycles. The predicted octanol–water partition coefficient (Wildman–Crippen LogP) is 3.99. The monoisotopic (exact) mass is 345 g/mol. The minimum absolute atomic E-state index is 0.253. The molecule has 0 aliphatic heterocycles. The number of benzene rings is 1. The molecule has 0 bridgehead atoms. The molecule has 0 fully saturated rings. The summed E-state index contributed by atoms with van der Waals surface area (Å²) in [5.74, 6) is -0.0418. The Morgan fingerprint density at radius 1 is 1.33 bits per heavy atom. The summed E-state index contributed by atoms with van der Waals surface area (Å²) in [6.45, 7) is 1.95. The first-order valence-electron chi connectivity index (χ1n) is 6.30. The van der Waals surface area contributed by atoms with Crippen LogP contribution in [0, 0.1) is 6.92 Å². The van der Waals surface area contributed by atoms with E-state index in [2.05, 4.69) is 31.2 Å². The molecule has 0 atom stereocenters. The third-order valence-corrected chi connectivity index (χ3v) is 3.45. The number of aromatic nitrogens is 2. The van der Waals surface area contributed by atoms with Crippen molar-refractivity contribution in [3.8, 4) is 11.3 Å². The van der Waals surface area contributed by atoms with Crippen molar-refractivity contribution in [1.82, 2.24) is 9.97 Å². The van der Waals surface area contributed by atoms with Crippen LogP contribution in [0.5, 0.6) is 0 Å². The van der Waals surface area contributed by atoms with Gasteiger partial charge in [0.2, 0.25) is 0 Å². The number of carbonyl (C=O) groups excluding carboxylic acids is 1. The van der Waals surface area contributed by atoms with Crippen molar-refractivity contribution in [1.29, 1.82) is 0 Å². The van der Waals surface area contributed by atoms with E-state index in [1.54, 1.807) is 18.5 Å². The van der Waals surface area contributed by atoms with Gasteiger partial charge in [-0.1, -0.05) is 12.1 Å². The van der Waals surface area contributed by atoms with Crippen LogP contribution in [-0.4, -0.2) is 15.9 Å². The van der Waals surface area contributed by atoms with Crippen molar-refractivity contribution in [3.05, 3.63) is 58.8 Å². The number of carbonyl (C=O) groups is 1. The highest BCUT2D eigenvalue weighted by Crippen LogP contribution is 2.23. The number of hydrogen-bond acceptors (Lipinski definition) is 3. The van der Waals surface area contributed by atoms with Gasteiger partial charge in [-0.15, -0.1) is 0 Å². The number of nitrogens with zero attached hydrogens (tertiary/aromatic N) is 1. The summed E-state index contributed by atoms with van der Waals surface area (Å²) in [5, 5.41) is 2.80. The second kappa shape index (κ2) is 5.57. The van der Waals surface area contributed by atoms with Crippen molar-refractivity contribution < 1.29 is 9.21 Å². The lowest BCUT2D eigenvalue weighted by molar-refractivity contribution is 0.0995. The second-order valence-corrected chi connectivity index (χ2v) is 5.30. The molecule has 21 heavy (non-hydrogen) atoms. The van der Waals surface area contributed by atoms with Gasteiger partial charge in [-0.3, -0.25) is 4.79 Å². The Labute approximate surface area is 129 Å². The molecule has 106 valence electrons. The summed E-state index contributed by atoms with van der Waals surface area (Å²) < 4.78 is 5.75. The van der Waals surface area contributed by atoms with Gasteiger partial charge in [0.05, 0.1) is 12.0 Å². The van der Waals surface area contributed by atoms with Crippen molar-refractivity contribution in [2.24, 2.45) is 0 Å². The van der Waals surface area contributed by atoms with Crippen LogP contribution in [0.15, 0.2) is 51.8 Å². The number of furan rings is 1. The Morgan fingerprint density at radius 2 is 2.19 bits per heavy atom. The Balaban J connectivity index is 1.84. The smallest absolute Gasteiger partial charge is 0.291 e. The summed E-state index contributed by atoms with van der Waals surface area (Å²) in [5.41, 5.74) is 3.47. The summed E-state index contributed by atoms with van der Waals surface area (Å²) in [6, 6.07) is 10.8. The molecule has 3 rings (SSSR count). The second-order valence-electron chi connectivity index (χ2n) is 4.51. The van der Waals surface area contributed by atoms with Crippen LogP contribution in [0.4, 0.5) is 5.69 Å². The summed E-state index contributed by atoms with van der Waals surface area (Å²) in [6.07, 6.45) is 1.65. The van der Waals surface area contributed by atoms with E-state index in [9.17, 15) is 4.79 Å².